The maximum absolute atomic E-state index is 6.21. The van der Waals surface area contributed by atoms with Crippen LogP contribution in [0.25, 0.3) is 0 Å². The van der Waals surface area contributed by atoms with Gasteiger partial charge in [-0.25, -0.2) is 0 Å². The van der Waals surface area contributed by atoms with Crippen molar-refractivity contribution in [2.24, 2.45) is 0 Å². The first-order valence-electron chi connectivity index (χ1n) is 10.3. The van der Waals surface area contributed by atoms with E-state index >= 15 is 0 Å². The summed E-state index contributed by atoms with van der Waals surface area (Å²) in [6, 6.07) is 29.7. The molecule has 0 fully saturated rings. The van der Waals surface area contributed by atoms with Gasteiger partial charge in [0.15, 0.2) is 0 Å². The maximum Gasteiger partial charge on any atom is 0.128 e. The van der Waals surface area contributed by atoms with Gasteiger partial charge in [0.25, 0.3) is 0 Å². The highest BCUT2D eigenvalue weighted by atomic mass is 32.2. The van der Waals surface area contributed by atoms with Gasteiger partial charge in [0.2, 0.25) is 0 Å². The predicted molar refractivity (Wildman–Crippen MR) is 133 cm³/mol. The lowest BCUT2D eigenvalue weighted by atomic mass is 10.2. The molecule has 31 heavy (non-hydrogen) atoms. The molecule has 0 heterocycles. The highest BCUT2D eigenvalue weighted by Crippen LogP contribution is 2.36. The van der Waals surface area contributed by atoms with Gasteiger partial charge < -0.3 is 4.74 Å². The third-order valence-corrected chi connectivity index (χ3v) is 7.30. The Kier molecular flexibility index (Phi) is 6.74. The van der Waals surface area contributed by atoms with Crippen LogP contribution in [0.3, 0.4) is 0 Å². The number of hydrogen-bond acceptors (Lipinski definition) is 3. The normalized spacial score (nSPS) is 10.8. The van der Waals surface area contributed by atoms with Crippen molar-refractivity contribution in [3.63, 3.8) is 0 Å². The monoisotopic (exact) mass is 442 g/mol. The molecule has 156 valence electrons. The van der Waals surface area contributed by atoms with E-state index in [1.54, 1.807) is 23.5 Å². The Morgan fingerprint density at radius 1 is 0.516 bits per heavy atom. The van der Waals surface area contributed by atoms with E-state index in [0.29, 0.717) is 0 Å². The number of ether oxygens (including phenoxy) is 1. The highest BCUT2D eigenvalue weighted by Gasteiger charge is 2.06. The molecule has 3 heteroatoms. The molecule has 0 unspecified atom stereocenters. The van der Waals surface area contributed by atoms with Gasteiger partial charge in [-0.1, -0.05) is 71.0 Å². The minimum Gasteiger partial charge on any atom is -0.457 e. The standard InChI is InChI=1S/C28H26OS2/c1-19-11-13-27(21(3)15-19)30-25-9-5-7-23(17-25)29-24-8-6-10-26(18-24)31-28-14-12-20(2)16-22(28)4/h5-18H,1-4H3. The SMILES string of the molecule is Cc1ccc(Sc2cccc(Oc3cccc(Sc4ccc(C)cc4C)c3)c2)c(C)c1. The molecule has 0 atom stereocenters. The average molecular weight is 443 g/mol. The molecule has 0 aliphatic rings. The first-order valence-corrected chi connectivity index (χ1v) is 12.0. The number of benzene rings is 4. The van der Waals surface area contributed by atoms with Crippen LogP contribution in [0.4, 0.5) is 0 Å². The van der Waals surface area contributed by atoms with Crippen molar-refractivity contribution in [3.05, 3.63) is 107 Å². The predicted octanol–water partition coefficient (Wildman–Crippen LogP) is 9.01. The Bertz CT molecular complexity index is 1120. The van der Waals surface area contributed by atoms with Gasteiger partial charge in [-0.2, -0.15) is 0 Å². The van der Waals surface area contributed by atoms with Gasteiger partial charge in [0.05, 0.1) is 0 Å². The minimum atomic E-state index is 0.850. The topological polar surface area (TPSA) is 9.23 Å². The summed E-state index contributed by atoms with van der Waals surface area (Å²) in [5.41, 5.74) is 5.18. The van der Waals surface area contributed by atoms with Gasteiger partial charge in [-0.05, 0) is 87.4 Å². The van der Waals surface area contributed by atoms with Crippen LogP contribution in [-0.4, -0.2) is 0 Å². The summed E-state index contributed by atoms with van der Waals surface area (Å²) >= 11 is 3.54. The van der Waals surface area contributed by atoms with Crippen molar-refractivity contribution in [1.82, 2.24) is 0 Å². The molecule has 0 bridgehead atoms. The van der Waals surface area contributed by atoms with E-state index in [-0.39, 0.29) is 0 Å². The largest absolute Gasteiger partial charge is 0.457 e. The number of aryl methyl sites for hydroxylation is 4. The Labute approximate surface area is 193 Å². The van der Waals surface area contributed by atoms with E-state index in [4.69, 9.17) is 4.74 Å². The lowest BCUT2D eigenvalue weighted by Crippen LogP contribution is -1.86. The van der Waals surface area contributed by atoms with E-state index < -0.39 is 0 Å². The van der Waals surface area contributed by atoms with Crippen LogP contribution in [0.1, 0.15) is 22.3 Å². The van der Waals surface area contributed by atoms with Crippen molar-refractivity contribution in [2.45, 2.75) is 47.3 Å². The Hall–Kier alpha value is -2.62. The van der Waals surface area contributed by atoms with Crippen molar-refractivity contribution in [2.75, 3.05) is 0 Å². The van der Waals surface area contributed by atoms with Gasteiger partial charge in [0.1, 0.15) is 11.5 Å². The van der Waals surface area contributed by atoms with Crippen LogP contribution in [0.2, 0.25) is 0 Å². The van der Waals surface area contributed by atoms with Crippen molar-refractivity contribution >= 4 is 23.5 Å². The smallest absolute Gasteiger partial charge is 0.128 e. The van der Waals surface area contributed by atoms with E-state index in [1.165, 1.54) is 41.8 Å². The molecule has 0 amide bonds. The molecule has 0 radical (unpaired) electrons. The molecule has 4 aromatic carbocycles. The summed E-state index contributed by atoms with van der Waals surface area (Å²) in [6.45, 7) is 8.58. The summed E-state index contributed by atoms with van der Waals surface area (Å²) in [4.78, 5) is 4.89. The summed E-state index contributed by atoms with van der Waals surface area (Å²) in [5, 5.41) is 0. The molecule has 4 aromatic rings. The third kappa shape index (κ3) is 5.75. The Balaban J connectivity index is 1.49. The first kappa shape index (κ1) is 21.6. The molecule has 0 aliphatic carbocycles. The van der Waals surface area contributed by atoms with Crippen LogP contribution in [0.5, 0.6) is 11.5 Å². The van der Waals surface area contributed by atoms with Gasteiger partial charge in [0, 0.05) is 19.6 Å². The molecule has 0 aromatic heterocycles. The highest BCUT2D eigenvalue weighted by molar-refractivity contribution is 7.99. The summed E-state index contributed by atoms with van der Waals surface area (Å²) in [6.07, 6.45) is 0. The van der Waals surface area contributed by atoms with Crippen LogP contribution in [0, 0.1) is 27.7 Å². The van der Waals surface area contributed by atoms with Gasteiger partial charge in [-0.3, -0.25) is 0 Å². The van der Waals surface area contributed by atoms with E-state index in [0.717, 1.165) is 11.5 Å². The maximum atomic E-state index is 6.21. The zero-order valence-corrected chi connectivity index (χ0v) is 19.9. The van der Waals surface area contributed by atoms with Crippen molar-refractivity contribution in [3.8, 4) is 11.5 Å². The van der Waals surface area contributed by atoms with E-state index in [1.807, 2.05) is 12.1 Å². The molecule has 0 N–H and O–H groups in total. The molecular formula is C28H26OS2. The number of rotatable bonds is 6. The molecule has 0 aliphatic heterocycles. The average Bonchev–Trinajstić information content (AvgIpc) is 2.73. The van der Waals surface area contributed by atoms with E-state index in [9.17, 15) is 0 Å². The first-order chi connectivity index (χ1) is 15.0. The fraction of sp³-hybridized carbons (Fsp3) is 0.143. The quantitative estimate of drug-likeness (QED) is 0.295. The van der Waals surface area contributed by atoms with E-state index in [2.05, 4.69) is 100 Å². The van der Waals surface area contributed by atoms with Crippen molar-refractivity contribution < 1.29 is 4.74 Å². The fourth-order valence-electron chi connectivity index (χ4n) is 3.42. The minimum absolute atomic E-state index is 0.850. The van der Waals surface area contributed by atoms with Gasteiger partial charge in [-0.15, -0.1) is 0 Å². The van der Waals surface area contributed by atoms with Crippen LogP contribution in [0.15, 0.2) is 105 Å². The van der Waals surface area contributed by atoms with Crippen LogP contribution < -0.4 is 4.74 Å². The number of hydrogen-bond donors (Lipinski definition) is 0. The summed E-state index contributed by atoms with van der Waals surface area (Å²) < 4.78 is 6.21. The summed E-state index contributed by atoms with van der Waals surface area (Å²) in [5.74, 6) is 1.70. The second-order valence-corrected chi connectivity index (χ2v) is 10.0. The third-order valence-electron chi connectivity index (χ3n) is 4.96. The molecule has 0 saturated carbocycles. The van der Waals surface area contributed by atoms with Crippen LogP contribution in [-0.2, 0) is 0 Å². The van der Waals surface area contributed by atoms with Gasteiger partial charge >= 0.3 is 0 Å². The summed E-state index contributed by atoms with van der Waals surface area (Å²) in [7, 11) is 0. The molecular weight excluding hydrogens is 416 g/mol. The Morgan fingerprint density at radius 2 is 0.968 bits per heavy atom. The molecule has 0 spiro atoms. The van der Waals surface area contributed by atoms with Crippen LogP contribution >= 0.6 is 23.5 Å². The second kappa shape index (κ2) is 9.67. The molecule has 0 saturated heterocycles. The molecule has 1 nitrogen and oxygen atoms in total. The zero-order chi connectivity index (χ0) is 21.8. The zero-order valence-electron chi connectivity index (χ0n) is 18.3. The second-order valence-electron chi connectivity index (χ2n) is 7.79. The fourth-order valence-corrected chi connectivity index (χ4v) is 5.28. The lowest BCUT2D eigenvalue weighted by molar-refractivity contribution is 0.480. The molecule has 4 rings (SSSR count). The Morgan fingerprint density at radius 3 is 1.39 bits per heavy atom. The van der Waals surface area contributed by atoms with Crippen molar-refractivity contribution in [1.29, 1.82) is 0 Å². The lowest BCUT2D eigenvalue weighted by Gasteiger charge is -2.11.